The number of nitrogens with zero attached hydrogens (tertiary/aromatic N) is 1. The number of para-hydroxylation sites is 1. The predicted molar refractivity (Wildman–Crippen MR) is 79.6 cm³/mol. The molecule has 0 amide bonds. The number of carboxylic acid groups (broad SMARTS) is 1. The maximum Gasteiger partial charge on any atom is 0.323 e. The minimum Gasteiger partial charge on any atom is -0.507 e. The summed E-state index contributed by atoms with van der Waals surface area (Å²) in [6.07, 6.45) is 0. The van der Waals surface area contributed by atoms with Crippen LogP contribution in [0.1, 0.15) is 18.5 Å². The number of aromatic hydroxyl groups is 2. The highest BCUT2D eigenvalue weighted by Gasteiger charge is 2.23. The van der Waals surface area contributed by atoms with Crippen LogP contribution >= 0.6 is 0 Å². The SMILES string of the molecule is CC(c1c(O)cccc1O)N(CC(=O)O)c1ccccc1. The van der Waals surface area contributed by atoms with Crippen LogP contribution in [0.5, 0.6) is 11.5 Å². The molecule has 0 saturated carbocycles. The van der Waals surface area contributed by atoms with Gasteiger partial charge in [0.05, 0.1) is 11.6 Å². The number of carbonyl (C=O) groups is 1. The van der Waals surface area contributed by atoms with E-state index in [2.05, 4.69) is 0 Å². The van der Waals surface area contributed by atoms with Gasteiger partial charge in [-0.15, -0.1) is 0 Å². The van der Waals surface area contributed by atoms with Crippen molar-refractivity contribution in [3.63, 3.8) is 0 Å². The Bertz CT molecular complexity index is 607. The molecule has 2 aromatic rings. The van der Waals surface area contributed by atoms with E-state index in [-0.39, 0.29) is 18.0 Å². The van der Waals surface area contributed by atoms with Gasteiger partial charge in [0, 0.05) is 5.69 Å². The van der Waals surface area contributed by atoms with Gasteiger partial charge in [-0.1, -0.05) is 24.3 Å². The second-order valence-electron chi connectivity index (χ2n) is 4.74. The van der Waals surface area contributed by atoms with Gasteiger partial charge in [0.25, 0.3) is 0 Å². The molecule has 1 atom stereocenters. The molecule has 0 aliphatic rings. The molecule has 0 heterocycles. The van der Waals surface area contributed by atoms with E-state index in [1.807, 2.05) is 18.2 Å². The molecule has 0 spiro atoms. The summed E-state index contributed by atoms with van der Waals surface area (Å²) in [6, 6.07) is 13.0. The average molecular weight is 287 g/mol. The first-order valence-corrected chi connectivity index (χ1v) is 6.55. The zero-order valence-corrected chi connectivity index (χ0v) is 11.6. The fraction of sp³-hybridized carbons (Fsp3) is 0.188. The molecule has 0 aliphatic heterocycles. The van der Waals surface area contributed by atoms with Gasteiger partial charge in [0.1, 0.15) is 18.0 Å². The molecular weight excluding hydrogens is 270 g/mol. The van der Waals surface area contributed by atoms with Crippen molar-refractivity contribution < 1.29 is 20.1 Å². The van der Waals surface area contributed by atoms with E-state index in [1.165, 1.54) is 18.2 Å². The summed E-state index contributed by atoms with van der Waals surface area (Å²) in [6.45, 7) is 1.50. The maximum atomic E-state index is 11.1. The number of aliphatic carboxylic acids is 1. The van der Waals surface area contributed by atoms with Gasteiger partial charge in [-0.2, -0.15) is 0 Å². The molecule has 1 unspecified atom stereocenters. The first kappa shape index (κ1) is 14.7. The lowest BCUT2D eigenvalue weighted by molar-refractivity contribution is -0.135. The van der Waals surface area contributed by atoms with Crippen molar-refractivity contribution in [3.8, 4) is 11.5 Å². The quantitative estimate of drug-likeness (QED) is 0.788. The lowest BCUT2D eigenvalue weighted by Crippen LogP contribution is -2.32. The number of anilines is 1. The molecule has 5 heteroatoms. The number of hydrogen-bond donors (Lipinski definition) is 3. The monoisotopic (exact) mass is 287 g/mol. The Morgan fingerprint density at radius 3 is 2.14 bits per heavy atom. The van der Waals surface area contributed by atoms with Gasteiger partial charge in [-0.05, 0) is 31.2 Å². The van der Waals surface area contributed by atoms with Crippen LogP contribution in [0.4, 0.5) is 5.69 Å². The summed E-state index contributed by atoms with van der Waals surface area (Å²) in [5.41, 5.74) is 1.01. The zero-order chi connectivity index (χ0) is 15.4. The molecule has 0 radical (unpaired) electrons. The third kappa shape index (κ3) is 3.25. The number of rotatable bonds is 5. The fourth-order valence-electron chi connectivity index (χ4n) is 2.34. The molecule has 0 saturated heterocycles. The second kappa shape index (κ2) is 6.17. The van der Waals surface area contributed by atoms with Gasteiger partial charge in [-0.3, -0.25) is 4.79 Å². The average Bonchev–Trinajstić information content (AvgIpc) is 2.45. The summed E-state index contributed by atoms with van der Waals surface area (Å²) in [4.78, 5) is 12.7. The molecule has 0 aliphatic carbocycles. The number of phenols is 2. The van der Waals surface area contributed by atoms with Crippen molar-refractivity contribution >= 4 is 11.7 Å². The Balaban J connectivity index is 2.44. The van der Waals surface area contributed by atoms with E-state index in [4.69, 9.17) is 5.11 Å². The van der Waals surface area contributed by atoms with Crippen LogP contribution in [0, 0.1) is 0 Å². The van der Waals surface area contributed by atoms with Crippen molar-refractivity contribution in [2.24, 2.45) is 0 Å². The van der Waals surface area contributed by atoms with Gasteiger partial charge in [0.2, 0.25) is 0 Å². The molecule has 21 heavy (non-hydrogen) atoms. The molecule has 0 aromatic heterocycles. The molecule has 0 bridgehead atoms. The second-order valence-corrected chi connectivity index (χ2v) is 4.74. The summed E-state index contributed by atoms with van der Waals surface area (Å²) < 4.78 is 0. The van der Waals surface area contributed by atoms with E-state index in [1.54, 1.807) is 24.0 Å². The van der Waals surface area contributed by atoms with E-state index in [0.29, 0.717) is 11.3 Å². The van der Waals surface area contributed by atoms with Crippen LogP contribution < -0.4 is 4.90 Å². The van der Waals surface area contributed by atoms with Crippen LogP contribution in [0.3, 0.4) is 0 Å². The van der Waals surface area contributed by atoms with E-state index in [9.17, 15) is 15.0 Å². The van der Waals surface area contributed by atoms with Crippen molar-refractivity contribution in [2.75, 3.05) is 11.4 Å². The summed E-state index contributed by atoms with van der Waals surface area (Å²) in [5.74, 6) is -1.11. The summed E-state index contributed by atoms with van der Waals surface area (Å²) in [5, 5.41) is 29.0. The molecule has 5 nitrogen and oxygen atoms in total. The molecule has 2 rings (SSSR count). The van der Waals surface area contributed by atoms with Crippen LogP contribution in [0.2, 0.25) is 0 Å². The number of hydrogen-bond acceptors (Lipinski definition) is 4. The van der Waals surface area contributed by atoms with Gasteiger partial charge >= 0.3 is 5.97 Å². The third-order valence-corrected chi connectivity index (χ3v) is 3.34. The minimum atomic E-state index is -0.986. The topological polar surface area (TPSA) is 81.0 Å². The normalized spacial score (nSPS) is 11.9. The number of phenolic OH excluding ortho intramolecular Hbond substituents is 2. The van der Waals surface area contributed by atoms with E-state index >= 15 is 0 Å². The Morgan fingerprint density at radius 1 is 1.05 bits per heavy atom. The van der Waals surface area contributed by atoms with Gasteiger partial charge in [-0.25, -0.2) is 0 Å². The smallest absolute Gasteiger partial charge is 0.323 e. The summed E-state index contributed by atoms with van der Waals surface area (Å²) in [7, 11) is 0. The largest absolute Gasteiger partial charge is 0.507 e. The molecule has 110 valence electrons. The maximum absolute atomic E-state index is 11.1. The van der Waals surface area contributed by atoms with Crippen LogP contribution in [0.25, 0.3) is 0 Å². The third-order valence-electron chi connectivity index (χ3n) is 3.34. The van der Waals surface area contributed by atoms with Crippen molar-refractivity contribution in [1.29, 1.82) is 0 Å². The van der Waals surface area contributed by atoms with E-state index in [0.717, 1.165) is 0 Å². The number of benzene rings is 2. The van der Waals surface area contributed by atoms with Crippen molar-refractivity contribution in [1.82, 2.24) is 0 Å². The van der Waals surface area contributed by atoms with Crippen LogP contribution in [-0.2, 0) is 4.79 Å². The van der Waals surface area contributed by atoms with Gasteiger partial charge in [0.15, 0.2) is 0 Å². The Kier molecular flexibility index (Phi) is 4.33. The Labute approximate surface area is 122 Å². The fourth-order valence-corrected chi connectivity index (χ4v) is 2.34. The Morgan fingerprint density at radius 2 is 1.62 bits per heavy atom. The van der Waals surface area contributed by atoms with Crippen LogP contribution in [0.15, 0.2) is 48.5 Å². The lowest BCUT2D eigenvalue weighted by atomic mass is 10.0. The standard InChI is InChI=1S/C16H17NO4/c1-11(16-13(18)8-5-9-14(16)19)17(10-15(20)21)12-6-3-2-4-7-12/h2-9,11,18-19H,10H2,1H3,(H,20,21). The lowest BCUT2D eigenvalue weighted by Gasteiger charge is -2.30. The number of carboxylic acids is 1. The zero-order valence-electron chi connectivity index (χ0n) is 11.6. The Hall–Kier alpha value is -2.69. The predicted octanol–water partition coefficient (Wildman–Crippen LogP) is 2.75. The van der Waals surface area contributed by atoms with E-state index < -0.39 is 12.0 Å². The first-order valence-electron chi connectivity index (χ1n) is 6.55. The summed E-state index contributed by atoms with van der Waals surface area (Å²) >= 11 is 0. The molecule has 3 N–H and O–H groups in total. The minimum absolute atomic E-state index is 0.0613. The molecular formula is C16H17NO4. The highest BCUT2D eigenvalue weighted by molar-refractivity contribution is 5.74. The van der Waals surface area contributed by atoms with Crippen molar-refractivity contribution in [2.45, 2.75) is 13.0 Å². The molecule has 2 aromatic carbocycles. The first-order chi connectivity index (χ1) is 10.0. The highest BCUT2D eigenvalue weighted by atomic mass is 16.4. The highest BCUT2D eigenvalue weighted by Crippen LogP contribution is 2.37. The van der Waals surface area contributed by atoms with Gasteiger partial charge < -0.3 is 20.2 Å². The van der Waals surface area contributed by atoms with Crippen molar-refractivity contribution in [3.05, 3.63) is 54.1 Å². The van der Waals surface area contributed by atoms with Crippen LogP contribution in [-0.4, -0.2) is 27.8 Å². The molecule has 0 fully saturated rings.